The maximum atomic E-state index is 14.7. The molecule has 16 heteroatoms. The first-order valence-electron chi connectivity index (χ1n) is 26.4. The predicted octanol–water partition coefficient (Wildman–Crippen LogP) is 12.9. The number of unbranched alkanes of at least 4 members (excludes halogenated alkanes) is 11. The number of benzene rings is 3. The Kier molecular flexibility index (Phi) is 21.9. The molecule has 0 saturated heterocycles. The van der Waals surface area contributed by atoms with Gasteiger partial charge in [0.2, 0.25) is 5.79 Å². The number of fused-ring (bicyclic) bond motifs is 2. The number of carbonyl (C=O) groups excluding carboxylic acids is 1. The van der Waals surface area contributed by atoms with Crippen molar-refractivity contribution in [2.24, 2.45) is 22.9 Å². The number of amides is 1. The third-order valence-corrected chi connectivity index (χ3v) is 14.3. The maximum absolute atomic E-state index is 14.7. The van der Waals surface area contributed by atoms with Crippen LogP contribution in [0.1, 0.15) is 146 Å². The summed E-state index contributed by atoms with van der Waals surface area (Å²) in [7, 11) is 0. The van der Waals surface area contributed by atoms with E-state index in [1.54, 1.807) is 41.3 Å². The fourth-order valence-corrected chi connectivity index (χ4v) is 10.9. The topological polar surface area (TPSA) is 206 Å². The molecule has 1 heterocycles. The highest BCUT2D eigenvalue weighted by atomic mass is 16.7. The third kappa shape index (κ3) is 14.4. The number of aliphatic hydroxyl groups excluding tert-OH is 2. The molecule has 72 heavy (non-hydrogen) atoms. The number of nitro benzene ring substituents is 2. The monoisotopic (exact) mass is 997 g/mol. The molecule has 392 valence electrons. The number of oxime groups is 1. The molecule has 0 bridgehead atoms. The second-order valence-corrected chi connectivity index (χ2v) is 19.3. The number of aliphatic hydroxyl groups is 2. The minimum absolute atomic E-state index is 0.0204. The highest BCUT2D eigenvalue weighted by Crippen LogP contribution is 2.62. The molecule has 3 aliphatic rings. The van der Waals surface area contributed by atoms with Gasteiger partial charge in [0, 0.05) is 55.9 Å². The Morgan fingerprint density at radius 3 is 2.18 bits per heavy atom. The van der Waals surface area contributed by atoms with Gasteiger partial charge >= 0.3 is 6.09 Å². The normalized spacial score (nSPS) is 21.4. The van der Waals surface area contributed by atoms with Gasteiger partial charge in [0.1, 0.15) is 29.9 Å². The Morgan fingerprint density at radius 1 is 0.833 bits per heavy atom. The zero-order chi connectivity index (χ0) is 51.3. The van der Waals surface area contributed by atoms with Gasteiger partial charge in [-0.3, -0.25) is 25.1 Å². The average Bonchev–Trinajstić information content (AvgIpc) is 3.38. The predicted molar refractivity (Wildman–Crippen MR) is 276 cm³/mol. The van der Waals surface area contributed by atoms with Crippen molar-refractivity contribution in [2.75, 3.05) is 33.0 Å². The molecule has 1 saturated carbocycles. The van der Waals surface area contributed by atoms with E-state index in [4.69, 9.17) is 28.9 Å². The maximum Gasteiger partial charge on any atom is 0.410 e. The van der Waals surface area contributed by atoms with Gasteiger partial charge in [-0.15, -0.1) is 6.58 Å². The summed E-state index contributed by atoms with van der Waals surface area (Å²) < 4.78 is 26.9. The second-order valence-electron chi connectivity index (χ2n) is 19.3. The molecule has 0 aromatic heterocycles. The van der Waals surface area contributed by atoms with Crippen LogP contribution in [0, 0.1) is 38.0 Å². The van der Waals surface area contributed by atoms with Gasteiger partial charge < -0.3 is 34.0 Å². The fraction of sp³-hybridized carbons (Fsp3) is 0.571. The van der Waals surface area contributed by atoms with Crippen LogP contribution in [0.2, 0.25) is 0 Å². The van der Waals surface area contributed by atoms with Crippen molar-refractivity contribution in [3.8, 4) is 17.2 Å². The molecule has 0 radical (unpaired) electrons. The van der Waals surface area contributed by atoms with Crippen LogP contribution in [-0.2, 0) is 20.9 Å². The lowest BCUT2D eigenvalue weighted by Crippen LogP contribution is -2.70. The molecule has 1 amide bonds. The standard InChI is InChI=1S/C56H76N4O12/c1-4-7-8-9-10-11-12-13-14-19-35-68-55(63)58(31-5-2)52-39-50(57-70-40-41-25-27-43(28-26-41)59(64)65)48-36-42(21-15-17-32-61)47(24-16-18-33-62)53-49-38-46(71-45-23-20-22-44(37-45)60(66)67)29-30-51(49)72-56(52,54(48)53)69-34-6-3/h6,20,22-23,25-30,36-38,42,47,52-54,61-62H,3-5,7-19,21,24,31-35,39-40H2,1-2H3/t42-,47+,52-,53+,54+,56+/m0/s1. The van der Waals surface area contributed by atoms with Gasteiger partial charge in [-0.25, -0.2) is 4.79 Å². The molecule has 3 aromatic carbocycles. The Hall–Kier alpha value is -5.84. The minimum Gasteiger partial charge on any atom is -0.459 e. The van der Waals surface area contributed by atoms with Crippen molar-refractivity contribution in [1.82, 2.24) is 4.90 Å². The molecule has 1 fully saturated rings. The van der Waals surface area contributed by atoms with Crippen molar-refractivity contribution in [3.63, 3.8) is 0 Å². The highest BCUT2D eigenvalue weighted by Gasteiger charge is 2.65. The Bertz CT molecular complexity index is 2290. The number of carbonyl (C=O) groups is 1. The van der Waals surface area contributed by atoms with Crippen molar-refractivity contribution in [1.29, 1.82) is 0 Å². The van der Waals surface area contributed by atoms with Gasteiger partial charge in [0.25, 0.3) is 11.4 Å². The van der Waals surface area contributed by atoms with E-state index in [9.17, 15) is 35.2 Å². The summed E-state index contributed by atoms with van der Waals surface area (Å²) in [5.41, 5.74) is 2.78. The smallest absolute Gasteiger partial charge is 0.410 e. The Morgan fingerprint density at radius 2 is 1.51 bits per heavy atom. The molecule has 1 aliphatic heterocycles. The van der Waals surface area contributed by atoms with Gasteiger partial charge in [0.05, 0.1) is 40.8 Å². The van der Waals surface area contributed by atoms with Gasteiger partial charge in [-0.2, -0.15) is 0 Å². The molecule has 0 unspecified atom stereocenters. The summed E-state index contributed by atoms with van der Waals surface area (Å²) in [6.45, 7) is 9.04. The van der Waals surface area contributed by atoms with Crippen molar-refractivity contribution >= 4 is 23.2 Å². The molecular weight excluding hydrogens is 921 g/mol. The fourth-order valence-electron chi connectivity index (χ4n) is 10.9. The molecule has 6 rings (SSSR count). The van der Waals surface area contributed by atoms with E-state index in [1.807, 2.05) is 19.1 Å². The van der Waals surface area contributed by atoms with Crippen LogP contribution in [-0.4, -0.2) is 81.6 Å². The molecule has 2 N–H and O–H groups in total. The lowest BCUT2D eigenvalue weighted by atomic mass is 9.55. The summed E-state index contributed by atoms with van der Waals surface area (Å²) in [6.07, 6.45) is 19.8. The van der Waals surface area contributed by atoms with Gasteiger partial charge in [-0.05, 0) is 97.9 Å². The summed E-state index contributed by atoms with van der Waals surface area (Å²) in [4.78, 5) is 44.9. The summed E-state index contributed by atoms with van der Waals surface area (Å²) in [5.74, 6) is -1.28. The highest BCUT2D eigenvalue weighted by molar-refractivity contribution is 6.03. The van der Waals surface area contributed by atoms with E-state index < -0.39 is 33.7 Å². The zero-order valence-corrected chi connectivity index (χ0v) is 42.3. The van der Waals surface area contributed by atoms with Crippen LogP contribution < -0.4 is 9.47 Å². The lowest BCUT2D eigenvalue weighted by molar-refractivity contribution is -0.385. The Labute approximate surface area is 424 Å². The zero-order valence-electron chi connectivity index (χ0n) is 42.3. The molecule has 0 spiro atoms. The second kappa shape index (κ2) is 28.4. The average molecular weight is 997 g/mol. The third-order valence-electron chi connectivity index (χ3n) is 14.3. The number of ether oxygens (including phenoxy) is 4. The number of rotatable bonds is 32. The molecule has 2 aliphatic carbocycles. The van der Waals surface area contributed by atoms with Crippen molar-refractivity contribution in [3.05, 3.63) is 122 Å². The number of nitro groups is 2. The van der Waals surface area contributed by atoms with E-state index in [2.05, 4.69) is 19.6 Å². The first kappa shape index (κ1) is 55.5. The van der Waals surface area contributed by atoms with Crippen molar-refractivity contribution < 1.29 is 48.6 Å². The van der Waals surface area contributed by atoms with E-state index in [1.165, 1.54) is 62.8 Å². The van der Waals surface area contributed by atoms with Crippen LogP contribution in [0.4, 0.5) is 16.2 Å². The quantitative estimate of drug-likeness (QED) is 0.0259. The van der Waals surface area contributed by atoms with Crippen LogP contribution >= 0.6 is 0 Å². The first-order valence-corrected chi connectivity index (χ1v) is 26.4. The summed E-state index contributed by atoms with van der Waals surface area (Å²) in [5, 5.41) is 48.0. The summed E-state index contributed by atoms with van der Waals surface area (Å²) >= 11 is 0. The van der Waals surface area contributed by atoms with Gasteiger partial charge in [-0.1, -0.05) is 108 Å². The van der Waals surface area contributed by atoms with Gasteiger partial charge in [0.15, 0.2) is 0 Å². The Balaban J connectivity index is 1.44. The van der Waals surface area contributed by atoms with E-state index in [-0.39, 0.29) is 68.6 Å². The number of non-ortho nitro benzene ring substituents is 2. The van der Waals surface area contributed by atoms with Crippen LogP contribution in [0.3, 0.4) is 0 Å². The number of nitrogens with zero attached hydrogens (tertiary/aromatic N) is 4. The molecule has 16 nitrogen and oxygen atoms in total. The molecule has 6 atom stereocenters. The lowest BCUT2D eigenvalue weighted by Gasteiger charge is -2.59. The largest absolute Gasteiger partial charge is 0.459 e. The first-order chi connectivity index (χ1) is 35.1. The van der Waals surface area contributed by atoms with Crippen LogP contribution in [0.25, 0.3) is 0 Å². The summed E-state index contributed by atoms with van der Waals surface area (Å²) in [6, 6.07) is 16.9. The molecular formula is C56H76N4O12. The number of hydrogen-bond acceptors (Lipinski definition) is 13. The van der Waals surface area contributed by atoms with E-state index in [0.29, 0.717) is 54.3 Å². The van der Waals surface area contributed by atoms with Crippen LogP contribution in [0.15, 0.2) is 96.2 Å². The SMILES string of the molecule is C=CCO[C@@]12Oc3ccc(Oc4cccc([N+](=O)[O-])c4)cc3[C@H]3[C@H](CCCCO)[C@@H](CCCCO)C=C(C(=NOCc4ccc([N+](=O)[O-])cc4)C[C@@H]1N(CCC)C(=O)OCCCCCCCCCCCC)[C@H]32. The molecule has 3 aromatic rings. The minimum atomic E-state index is -1.51. The number of allylic oxidation sites excluding steroid dienone is 1. The van der Waals surface area contributed by atoms with Crippen LogP contribution in [0.5, 0.6) is 17.2 Å². The van der Waals surface area contributed by atoms with E-state index in [0.717, 1.165) is 62.5 Å². The van der Waals surface area contributed by atoms with Crippen molar-refractivity contribution in [2.45, 2.75) is 154 Å². The van der Waals surface area contributed by atoms with E-state index >= 15 is 0 Å². The number of hydrogen-bond donors (Lipinski definition) is 2.